The molecule has 124 valence electrons. The molecule has 1 N–H and O–H groups in total. The number of oxime groups is 1. The molecule has 0 aliphatic heterocycles. The lowest BCUT2D eigenvalue weighted by atomic mass is 10.2. The fourth-order valence-corrected chi connectivity index (χ4v) is 3.11. The summed E-state index contributed by atoms with van der Waals surface area (Å²) in [5.41, 5.74) is -0.510. The summed E-state index contributed by atoms with van der Waals surface area (Å²) in [4.78, 5) is 0. The molecule has 2 rings (SSSR count). The predicted molar refractivity (Wildman–Crippen MR) is 80.1 cm³/mol. The van der Waals surface area contributed by atoms with Crippen LogP contribution in [-0.4, -0.2) is 28.3 Å². The molecular formula is C14H14F3N3O2S. The number of ether oxygens (including phenoxy) is 1. The minimum atomic E-state index is -4.63. The molecule has 0 atom stereocenters. The Morgan fingerprint density at radius 2 is 2.09 bits per heavy atom. The summed E-state index contributed by atoms with van der Waals surface area (Å²) in [5.74, 6) is 1.03. The van der Waals surface area contributed by atoms with Gasteiger partial charge in [-0.1, -0.05) is 23.4 Å². The lowest BCUT2D eigenvalue weighted by Gasteiger charge is -2.08. The Morgan fingerprint density at radius 3 is 2.70 bits per heavy atom. The van der Waals surface area contributed by atoms with Crippen LogP contribution in [0.25, 0.3) is 0 Å². The number of aromatic nitrogens is 2. The smallest absolute Gasteiger partial charge is 0.435 e. The number of nitrogens with zero attached hydrogens (tertiary/aromatic N) is 3. The Kier molecular flexibility index (Phi) is 5.19. The van der Waals surface area contributed by atoms with Crippen LogP contribution in [0.3, 0.4) is 0 Å². The number of halogens is 3. The van der Waals surface area contributed by atoms with Crippen LogP contribution < -0.4 is 4.74 Å². The van der Waals surface area contributed by atoms with Gasteiger partial charge in [0.25, 0.3) is 0 Å². The second-order valence-electron chi connectivity index (χ2n) is 4.53. The first kappa shape index (κ1) is 17.2. The Labute approximate surface area is 134 Å². The van der Waals surface area contributed by atoms with E-state index in [1.54, 1.807) is 6.07 Å². The first-order valence-electron chi connectivity index (χ1n) is 6.44. The molecular weight excluding hydrogens is 331 g/mol. The molecule has 0 aliphatic rings. The van der Waals surface area contributed by atoms with Gasteiger partial charge in [-0.3, -0.25) is 4.68 Å². The van der Waals surface area contributed by atoms with Crippen LogP contribution in [0.5, 0.6) is 5.75 Å². The third kappa shape index (κ3) is 3.79. The van der Waals surface area contributed by atoms with Gasteiger partial charge < -0.3 is 9.94 Å². The van der Waals surface area contributed by atoms with E-state index in [1.807, 2.05) is 18.2 Å². The van der Waals surface area contributed by atoms with Gasteiger partial charge in [0.2, 0.25) is 0 Å². The molecule has 0 fully saturated rings. The van der Waals surface area contributed by atoms with Gasteiger partial charge in [-0.25, -0.2) is 0 Å². The Morgan fingerprint density at radius 1 is 1.39 bits per heavy atom. The van der Waals surface area contributed by atoms with Crippen molar-refractivity contribution in [3.63, 3.8) is 0 Å². The van der Waals surface area contributed by atoms with Crippen molar-refractivity contribution in [2.24, 2.45) is 12.2 Å². The van der Waals surface area contributed by atoms with Crippen LogP contribution in [0, 0.1) is 0 Å². The van der Waals surface area contributed by atoms with E-state index < -0.39 is 11.9 Å². The van der Waals surface area contributed by atoms with Crippen molar-refractivity contribution < 1.29 is 23.1 Å². The molecule has 1 aromatic carbocycles. The van der Waals surface area contributed by atoms with Gasteiger partial charge in [0, 0.05) is 18.4 Å². The van der Waals surface area contributed by atoms with Crippen molar-refractivity contribution >= 4 is 18.0 Å². The molecule has 9 heteroatoms. The summed E-state index contributed by atoms with van der Waals surface area (Å²) >= 11 is 1.15. The van der Waals surface area contributed by atoms with E-state index in [9.17, 15) is 13.2 Å². The van der Waals surface area contributed by atoms with Crippen molar-refractivity contribution in [3.05, 3.63) is 41.1 Å². The maximum atomic E-state index is 13.0. The molecule has 1 aromatic heterocycles. The van der Waals surface area contributed by atoms with Gasteiger partial charge >= 0.3 is 6.18 Å². The van der Waals surface area contributed by atoms with Crippen LogP contribution >= 0.6 is 11.8 Å². The van der Waals surface area contributed by atoms with Crippen LogP contribution in [0.15, 0.2) is 34.4 Å². The number of para-hydroxylation sites is 1. The molecule has 0 saturated heterocycles. The average Bonchev–Trinajstić information content (AvgIpc) is 2.82. The summed E-state index contributed by atoms with van der Waals surface area (Å²) in [6, 6.07) is 7.23. The summed E-state index contributed by atoms with van der Waals surface area (Å²) < 4.78 is 45.3. The second-order valence-corrected chi connectivity index (χ2v) is 5.50. The Bertz CT molecular complexity index is 714. The number of alkyl halides is 3. The van der Waals surface area contributed by atoms with E-state index in [2.05, 4.69) is 10.3 Å². The number of benzene rings is 1. The normalized spacial score (nSPS) is 12.0. The Hall–Kier alpha value is -2.16. The minimum Gasteiger partial charge on any atom is -0.496 e. The van der Waals surface area contributed by atoms with Crippen molar-refractivity contribution in [3.8, 4) is 5.75 Å². The largest absolute Gasteiger partial charge is 0.496 e. The van der Waals surface area contributed by atoms with Crippen molar-refractivity contribution in [2.75, 3.05) is 7.11 Å². The maximum Gasteiger partial charge on any atom is 0.435 e. The molecule has 0 aliphatic carbocycles. The molecule has 0 spiro atoms. The number of hydrogen-bond acceptors (Lipinski definition) is 5. The first-order chi connectivity index (χ1) is 10.9. The number of methoxy groups -OCH3 is 1. The standard InChI is InChI=1S/C14H14F3N3O2S/c1-20-13(10(7-18-21)12(19-20)14(15,16)17)23-8-9-5-3-4-6-11(9)22-2/h3-7,21H,8H2,1-2H3/b18-7+. The van der Waals surface area contributed by atoms with E-state index in [4.69, 9.17) is 9.94 Å². The number of hydrogen-bond donors (Lipinski definition) is 1. The highest BCUT2D eigenvalue weighted by molar-refractivity contribution is 7.98. The zero-order chi connectivity index (χ0) is 17.0. The van der Waals surface area contributed by atoms with Gasteiger partial charge in [0.15, 0.2) is 5.69 Å². The molecule has 23 heavy (non-hydrogen) atoms. The molecule has 0 bridgehead atoms. The van der Waals surface area contributed by atoms with Gasteiger partial charge in [0.05, 0.1) is 18.9 Å². The lowest BCUT2D eigenvalue weighted by Crippen LogP contribution is -2.09. The summed E-state index contributed by atoms with van der Waals surface area (Å²) in [6.07, 6.45) is -3.88. The quantitative estimate of drug-likeness (QED) is 0.390. The maximum absolute atomic E-state index is 13.0. The van der Waals surface area contributed by atoms with Gasteiger partial charge in [-0.05, 0) is 6.07 Å². The van der Waals surface area contributed by atoms with Crippen LogP contribution in [-0.2, 0) is 19.0 Å². The van der Waals surface area contributed by atoms with Crippen LogP contribution in [0.4, 0.5) is 13.2 Å². The summed E-state index contributed by atoms with van der Waals surface area (Å²) in [6.45, 7) is 0. The van der Waals surface area contributed by atoms with E-state index in [0.29, 0.717) is 11.5 Å². The van der Waals surface area contributed by atoms with Gasteiger partial charge in [0.1, 0.15) is 10.8 Å². The zero-order valence-electron chi connectivity index (χ0n) is 12.3. The van der Waals surface area contributed by atoms with Gasteiger partial charge in [-0.2, -0.15) is 18.3 Å². The molecule has 2 aromatic rings. The lowest BCUT2D eigenvalue weighted by molar-refractivity contribution is -0.141. The summed E-state index contributed by atoms with van der Waals surface area (Å²) in [5, 5.41) is 15.1. The highest BCUT2D eigenvalue weighted by Gasteiger charge is 2.38. The third-order valence-corrected chi connectivity index (χ3v) is 4.25. The monoisotopic (exact) mass is 345 g/mol. The zero-order valence-corrected chi connectivity index (χ0v) is 13.1. The first-order valence-corrected chi connectivity index (χ1v) is 7.43. The third-order valence-electron chi connectivity index (χ3n) is 3.04. The van der Waals surface area contributed by atoms with Crippen molar-refractivity contribution in [1.82, 2.24) is 9.78 Å². The van der Waals surface area contributed by atoms with Crippen LogP contribution in [0.2, 0.25) is 0 Å². The number of aryl methyl sites for hydroxylation is 1. The van der Waals surface area contributed by atoms with E-state index >= 15 is 0 Å². The number of rotatable bonds is 5. The molecule has 0 radical (unpaired) electrons. The van der Waals surface area contributed by atoms with Crippen LogP contribution in [0.1, 0.15) is 16.8 Å². The molecule has 0 unspecified atom stereocenters. The van der Waals surface area contributed by atoms with Crippen molar-refractivity contribution in [1.29, 1.82) is 0 Å². The van der Waals surface area contributed by atoms with Gasteiger partial charge in [-0.15, -0.1) is 11.8 Å². The highest BCUT2D eigenvalue weighted by Crippen LogP contribution is 2.36. The highest BCUT2D eigenvalue weighted by atomic mass is 32.2. The fourth-order valence-electron chi connectivity index (χ4n) is 2.05. The SMILES string of the molecule is COc1ccccc1CSc1c(/C=N/O)c(C(F)(F)F)nn1C. The Balaban J connectivity index is 2.34. The minimum absolute atomic E-state index is 0.251. The van der Waals surface area contributed by atoms with Crippen molar-refractivity contribution in [2.45, 2.75) is 17.0 Å². The molecule has 5 nitrogen and oxygen atoms in total. The van der Waals surface area contributed by atoms with E-state index in [0.717, 1.165) is 28.2 Å². The topological polar surface area (TPSA) is 59.6 Å². The van der Waals surface area contributed by atoms with E-state index in [1.165, 1.54) is 14.2 Å². The summed E-state index contributed by atoms with van der Waals surface area (Å²) in [7, 11) is 2.94. The number of thioether (sulfide) groups is 1. The predicted octanol–water partition coefficient (Wildman–Crippen LogP) is 3.55. The van der Waals surface area contributed by atoms with E-state index in [-0.39, 0.29) is 10.6 Å². The molecule has 1 heterocycles. The molecule has 0 saturated carbocycles. The second kappa shape index (κ2) is 6.95. The fraction of sp³-hybridized carbons (Fsp3) is 0.286. The average molecular weight is 345 g/mol. The molecule has 0 amide bonds.